The molecule has 1 aliphatic rings. The van der Waals surface area contributed by atoms with Gasteiger partial charge >= 0.3 is 0 Å². The normalized spacial score (nSPS) is 21.7. The SMILES string of the molecule is Cc1c(F)cc(C2CCCNC2)cc1Cl. The number of hydrogen-bond donors (Lipinski definition) is 1. The lowest BCUT2D eigenvalue weighted by atomic mass is 9.91. The van der Waals surface area contributed by atoms with E-state index in [0.29, 0.717) is 16.5 Å². The van der Waals surface area contributed by atoms with Gasteiger partial charge in [0.25, 0.3) is 0 Å². The van der Waals surface area contributed by atoms with E-state index in [1.54, 1.807) is 13.0 Å². The van der Waals surface area contributed by atoms with Crippen LogP contribution < -0.4 is 5.32 Å². The molecule has 1 aromatic rings. The molecule has 0 bridgehead atoms. The molecule has 15 heavy (non-hydrogen) atoms. The van der Waals surface area contributed by atoms with Gasteiger partial charge in [0.2, 0.25) is 0 Å². The molecule has 0 spiro atoms. The van der Waals surface area contributed by atoms with E-state index in [9.17, 15) is 4.39 Å². The Morgan fingerprint density at radius 1 is 1.47 bits per heavy atom. The largest absolute Gasteiger partial charge is 0.316 e. The minimum Gasteiger partial charge on any atom is -0.316 e. The van der Waals surface area contributed by atoms with Crippen LogP contribution in [0.3, 0.4) is 0 Å². The number of rotatable bonds is 1. The van der Waals surface area contributed by atoms with Crippen molar-refractivity contribution in [1.29, 1.82) is 0 Å². The van der Waals surface area contributed by atoms with E-state index in [4.69, 9.17) is 11.6 Å². The molecular formula is C12H15ClFN. The van der Waals surface area contributed by atoms with Crippen LogP contribution in [0.5, 0.6) is 0 Å². The minimum absolute atomic E-state index is 0.192. The van der Waals surface area contributed by atoms with Gasteiger partial charge < -0.3 is 5.32 Å². The molecule has 2 rings (SSSR count). The van der Waals surface area contributed by atoms with Crippen molar-refractivity contribution >= 4 is 11.6 Å². The minimum atomic E-state index is -0.192. The fourth-order valence-corrected chi connectivity index (χ4v) is 2.25. The summed E-state index contributed by atoms with van der Waals surface area (Å²) in [4.78, 5) is 0. The van der Waals surface area contributed by atoms with Crippen molar-refractivity contribution in [2.75, 3.05) is 13.1 Å². The lowest BCUT2D eigenvalue weighted by molar-refractivity contribution is 0.459. The van der Waals surface area contributed by atoms with E-state index in [2.05, 4.69) is 5.32 Å². The number of nitrogens with one attached hydrogen (secondary N) is 1. The van der Waals surface area contributed by atoms with Crippen LogP contribution >= 0.6 is 11.6 Å². The molecule has 0 saturated carbocycles. The quantitative estimate of drug-likeness (QED) is 0.777. The summed E-state index contributed by atoms with van der Waals surface area (Å²) in [5.41, 5.74) is 1.57. The van der Waals surface area contributed by atoms with Crippen LogP contribution in [0.4, 0.5) is 4.39 Å². The Kier molecular flexibility index (Phi) is 3.27. The Balaban J connectivity index is 2.27. The van der Waals surface area contributed by atoms with Crippen LogP contribution in [0.25, 0.3) is 0 Å². The van der Waals surface area contributed by atoms with Gasteiger partial charge in [-0.2, -0.15) is 0 Å². The van der Waals surface area contributed by atoms with Crippen molar-refractivity contribution in [3.8, 4) is 0 Å². The van der Waals surface area contributed by atoms with Crippen LogP contribution in [0.15, 0.2) is 12.1 Å². The summed E-state index contributed by atoms with van der Waals surface area (Å²) < 4.78 is 13.5. The predicted molar refractivity (Wildman–Crippen MR) is 61.0 cm³/mol. The highest BCUT2D eigenvalue weighted by atomic mass is 35.5. The van der Waals surface area contributed by atoms with E-state index in [0.717, 1.165) is 31.5 Å². The number of hydrogen-bond acceptors (Lipinski definition) is 1. The summed E-state index contributed by atoms with van der Waals surface area (Å²) in [7, 11) is 0. The monoisotopic (exact) mass is 227 g/mol. The van der Waals surface area contributed by atoms with Crippen LogP contribution in [0, 0.1) is 12.7 Å². The zero-order valence-electron chi connectivity index (χ0n) is 8.82. The highest BCUT2D eigenvalue weighted by Crippen LogP contribution is 2.28. The van der Waals surface area contributed by atoms with E-state index < -0.39 is 0 Å². The maximum absolute atomic E-state index is 13.5. The smallest absolute Gasteiger partial charge is 0.127 e. The topological polar surface area (TPSA) is 12.0 Å². The van der Waals surface area contributed by atoms with Gasteiger partial charge in [-0.3, -0.25) is 0 Å². The Hall–Kier alpha value is -0.600. The molecule has 1 aromatic carbocycles. The highest BCUT2D eigenvalue weighted by molar-refractivity contribution is 6.31. The second-order valence-electron chi connectivity index (χ2n) is 4.15. The fraction of sp³-hybridized carbons (Fsp3) is 0.500. The first-order valence-corrected chi connectivity index (χ1v) is 5.72. The standard InChI is InChI=1S/C12H15ClFN/c1-8-11(13)5-10(6-12(8)14)9-3-2-4-15-7-9/h5-6,9,15H,2-4,7H2,1H3. The van der Waals surface area contributed by atoms with Gasteiger partial charge in [0, 0.05) is 17.1 Å². The third-order valence-corrected chi connectivity index (χ3v) is 3.46. The van der Waals surface area contributed by atoms with Crippen molar-refractivity contribution in [3.63, 3.8) is 0 Å². The zero-order valence-corrected chi connectivity index (χ0v) is 9.57. The molecule has 1 fully saturated rings. The van der Waals surface area contributed by atoms with E-state index in [-0.39, 0.29) is 5.82 Å². The molecule has 0 radical (unpaired) electrons. The Morgan fingerprint density at radius 3 is 2.87 bits per heavy atom. The maximum atomic E-state index is 13.5. The van der Waals surface area contributed by atoms with Crippen molar-refractivity contribution in [2.45, 2.75) is 25.7 Å². The summed E-state index contributed by atoms with van der Waals surface area (Å²) >= 11 is 5.98. The van der Waals surface area contributed by atoms with Crippen LogP contribution in [0.1, 0.15) is 29.9 Å². The van der Waals surface area contributed by atoms with E-state index in [1.807, 2.05) is 6.07 Å². The number of benzene rings is 1. The number of halogens is 2. The summed E-state index contributed by atoms with van der Waals surface area (Å²) in [6.07, 6.45) is 2.27. The average Bonchev–Trinajstić information content (AvgIpc) is 2.26. The van der Waals surface area contributed by atoms with Gasteiger partial charge in [0.15, 0.2) is 0 Å². The average molecular weight is 228 g/mol. The van der Waals surface area contributed by atoms with Crippen LogP contribution in [0.2, 0.25) is 5.02 Å². The first kappa shape index (κ1) is 10.9. The van der Waals surface area contributed by atoms with Gasteiger partial charge in [-0.15, -0.1) is 0 Å². The van der Waals surface area contributed by atoms with E-state index in [1.165, 1.54) is 0 Å². The van der Waals surface area contributed by atoms with Gasteiger partial charge in [-0.1, -0.05) is 11.6 Å². The third-order valence-electron chi connectivity index (χ3n) is 3.07. The molecule has 1 heterocycles. The highest BCUT2D eigenvalue weighted by Gasteiger charge is 2.17. The van der Waals surface area contributed by atoms with Crippen LogP contribution in [-0.4, -0.2) is 13.1 Å². The molecule has 0 aliphatic carbocycles. The molecule has 1 aliphatic heterocycles. The zero-order chi connectivity index (χ0) is 10.8. The molecular weight excluding hydrogens is 213 g/mol. The van der Waals surface area contributed by atoms with Gasteiger partial charge in [-0.05, 0) is 49.9 Å². The molecule has 0 aromatic heterocycles. The molecule has 1 unspecified atom stereocenters. The van der Waals surface area contributed by atoms with E-state index >= 15 is 0 Å². The second-order valence-corrected chi connectivity index (χ2v) is 4.56. The molecule has 1 atom stereocenters. The maximum Gasteiger partial charge on any atom is 0.127 e. The van der Waals surface area contributed by atoms with Crippen molar-refractivity contribution in [3.05, 3.63) is 34.1 Å². The lowest BCUT2D eigenvalue weighted by Crippen LogP contribution is -2.28. The van der Waals surface area contributed by atoms with Gasteiger partial charge in [0.05, 0.1) is 0 Å². The summed E-state index contributed by atoms with van der Waals surface area (Å²) in [6.45, 7) is 3.71. The van der Waals surface area contributed by atoms with Crippen molar-refractivity contribution in [2.24, 2.45) is 0 Å². The summed E-state index contributed by atoms with van der Waals surface area (Å²) in [5, 5.41) is 3.86. The molecule has 1 nitrogen and oxygen atoms in total. The molecule has 0 amide bonds. The molecule has 1 N–H and O–H groups in total. The Labute approximate surface area is 94.6 Å². The summed E-state index contributed by atoms with van der Waals surface area (Å²) in [5.74, 6) is 0.217. The van der Waals surface area contributed by atoms with Crippen molar-refractivity contribution < 1.29 is 4.39 Å². The molecule has 1 saturated heterocycles. The van der Waals surface area contributed by atoms with Crippen molar-refractivity contribution in [1.82, 2.24) is 5.32 Å². The number of piperidine rings is 1. The van der Waals surface area contributed by atoms with Gasteiger partial charge in [-0.25, -0.2) is 4.39 Å². The fourth-order valence-electron chi connectivity index (χ4n) is 2.04. The predicted octanol–water partition coefficient (Wildman–Crippen LogP) is 3.25. The Bertz CT molecular complexity index is 336. The first-order chi connectivity index (χ1) is 7.18. The Morgan fingerprint density at radius 2 is 2.27 bits per heavy atom. The van der Waals surface area contributed by atoms with Gasteiger partial charge in [0.1, 0.15) is 5.82 Å². The second kappa shape index (κ2) is 4.50. The third kappa shape index (κ3) is 2.32. The molecule has 82 valence electrons. The van der Waals surface area contributed by atoms with Crippen LogP contribution in [-0.2, 0) is 0 Å². The lowest BCUT2D eigenvalue weighted by Gasteiger charge is -2.23. The first-order valence-electron chi connectivity index (χ1n) is 5.34. The molecule has 3 heteroatoms. The summed E-state index contributed by atoms with van der Waals surface area (Å²) in [6, 6.07) is 3.52.